The van der Waals surface area contributed by atoms with E-state index in [0.29, 0.717) is 5.82 Å². The predicted octanol–water partition coefficient (Wildman–Crippen LogP) is 0.981. The first-order valence-corrected chi connectivity index (χ1v) is 3.52. The number of aromatic nitrogens is 2. The highest BCUT2D eigenvalue weighted by atomic mass is 79.9. The molecule has 0 atom stereocenters. The van der Waals surface area contributed by atoms with Crippen molar-refractivity contribution in [1.29, 1.82) is 0 Å². The van der Waals surface area contributed by atoms with Gasteiger partial charge in [0.25, 0.3) is 0 Å². The van der Waals surface area contributed by atoms with Crippen LogP contribution in [-0.2, 0) is 11.2 Å². The molecule has 3 nitrogen and oxygen atoms in total. The van der Waals surface area contributed by atoms with Gasteiger partial charge in [0.2, 0.25) is 0 Å². The van der Waals surface area contributed by atoms with Gasteiger partial charge in [-0.05, 0) is 15.9 Å². The first kappa shape index (κ1) is 7.34. The minimum Gasteiger partial charge on any atom is -0.303 e. The zero-order valence-electron chi connectivity index (χ0n) is 5.12. The van der Waals surface area contributed by atoms with Gasteiger partial charge in [0, 0.05) is 12.4 Å². The van der Waals surface area contributed by atoms with Crippen molar-refractivity contribution < 1.29 is 4.79 Å². The van der Waals surface area contributed by atoms with Gasteiger partial charge >= 0.3 is 0 Å². The molecular weight excluding hydrogens is 196 g/mol. The summed E-state index contributed by atoms with van der Waals surface area (Å²) in [5.41, 5.74) is 0. The molecule has 0 saturated carbocycles. The fourth-order valence-electron chi connectivity index (χ4n) is 0.519. The Balaban J connectivity index is 2.78. The van der Waals surface area contributed by atoms with Gasteiger partial charge < -0.3 is 4.79 Å². The molecule has 0 aliphatic carbocycles. The fourth-order valence-corrected chi connectivity index (χ4v) is 0.724. The summed E-state index contributed by atoms with van der Waals surface area (Å²) < 4.78 is 0.821. The molecule has 1 aromatic rings. The van der Waals surface area contributed by atoms with Gasteiger partial charge in [0.05, 0.1) is 10.9 Å². The molecular formula is C6H5BrN2O. The number of halogens is 1. The molecule has 0 aliphatic heterocycles. The lowest BCUT2D eigenvalue weighted by atomic mass is 10.4. The molecule has 1 rings (SSSR count). The lowest BCUT2D eigenvalue weighted by Gasteiger charge is -1.91. The molecule has 10 heavy (non-hydrogen) atoms. The minimum atomic E-state index is 0.285. The van der Waals surface area contributed by atoms with Crippen LogP contribution < -0.4 is 0 Å². The molecule has 0 spiro atoms. The SMILES string of the molecule is O=CCc1ncc(Br)cn1. The highest BCUT2D eigenvalue weighted by molar-refractivity contribution is 9.10. The molecule has 0 aromatic carbocycles. The standard InChI is InChI=1S/C6H5BrN2O/c7-5-3-8-6(1-2-10)9-4-5/h2-4H,1H2. The normalized spacial score (nSPS) is 9.30. The smallest absolute Gasteiger partial charge is 0.135 e. The van der Waals surface area contributed by atoms with Crippen LogP contribution in [0.1, 0.15) is 5.82 Å². The molecule has 0 N–H and O–H groups in total. The quantitative estimate of drug-likeness (QED) is 0.669. The second-order valence-corrected chi connectivity index (χ2v) is 2.60. The third kappa shape index (κ3) is 1.88. The number of aldehydes is 1. The van der Waals surface area contributed by atoms with Crippen molar-refractivity contribution in [3.05, 3.63) is 22.7 Å². The van der Waals surface area contributed by atoms with Crippen molar-refractivity contribution >= 4 is 22.2 Å². The Morgan fingerprint density at radius 1 is 1.50 bits per heavy atom. The van der Waals surface area contributed by atoms with E-state index in [1.165, 1.54) is 0 Å². The lowest BCUT2D eigenvalue weighted by molar-refractivity contribution is -0.107. The largest absolute Gasteiger partial charge is 0.303 e. The van der Waals surface area contributed by atoms with Crippen LogP contribution in [0.2, 0.25) is 0 Å². The van der Waals surface area contributed by atoms with Gasteiger partial charge in [0.15, 0.2) is 0 Å². The average Bonchev–Trinajstić information content (AvgIpc) is 1.95. The molecule has 0 aliphatic rings. The summed E-state index contributed by atoms with van der Waals surface area (Å²) in [7, 11) is 0. The molecule has 0 unspecified atom stereocenters. The molecule has 0 bridgehead atoms. The Kier molecular flexibility index (Phi) is 2.50. The van der Waals surface area contributed by atoms with Crippen molar-refractivity contribution in [3.8, 4) is 0 Å². The van der Waals surface area contributed by atoms with E-state index in [4.69, 9.17) is 0 Å². The highest BCUT2D eigenvalue weighted by Crippen LogP contribution is 2.03. The van der Waals surface area contributed by atoms with E-state index in [2.05, 4.69) is 25.9 Å². The number of hydrogen-bond acceptors (Lipinski definition) is 3. The lowest BCUT2D eigenvalue weighted by Crippen LogP contribution is -1.93. The molecule has 0 saturated heterocycles. The van der Waals surface area contributed by atoms with E-state index in [-0.39, 0.29) is 6.42 Å². The summed E-state index contributed by atoms with van der Waals surface area (Å²) in [5, 5.41) is 0. The first-order chi connectivity index (χ1) is 4.83. The minimum absolute atomic E-state index is 0.285. The van der Waals surface area contributed by atoms with Crippen molar-refractivity contribution in [2.45, 2.75) is 6.42 Å². The van der Waals surface area contributed by atoms with Gasteiger partial charge in [-0.3, -0.25) is 0 Å². The van der Waals surface area contributed by atoms with Crippen molar-refractivity contribution in [2.75, 3.05) is 0 Å². The third-order valence-corrected chi connectivity index (χ3v) is 1.35. The van der Waals surface area contributed by atoms with Gasteiger partial charge in [0.1, 0.15) is 12.1 Å². The number of rotatable bonds is 2. The fraction of sp³-hybridized carbons (Fsp3) is 0.167. The summed E-state index contributed by atoms with van der Waals surface area (Å²) >= 11 is 3.18. The first-order valence-electron chi connectivity index (χ1n) is 2.73. The Hall–Kier alpha value is -0.770. The van der Waals surface area contributed by atoms with E-state index in [1.807, 2.05) is 0 Å². The van der Waals surface area contributed by atoms with E-state index in [1.54, 1.807) is 12.4 Å². The maximum atomic E-state index is 9.97. The molecule has 1 heterocycles. The van der Waals surface area contributed by atoms with Crippen molar-refractivity contribution in [2.24, 2.45) is 0 Å². The van der Waals surface area contributed by atoms with Crippen LogP contribution in [0.4, 0.5) is 0 Å². The molecule has 52 valence electrons. The van der Waals surface area contributed by atoms with Gasteiger partial charge in [-0.2, -0.15) is 0 Å². The zero-order chi connectivity index (χ0) is 7.40. The number of nitrogens with zero attached hydrogens (tertiary/aromatic N) is 2. The number of carbonyl (C=O) groups is 1. The van der Waals surface area contributed by atoms with E-state index >= 15 is 0 Å². The van der Waals surface area contributed by atoms with Crippen LogP contribution in [0.15, 0.2) is 16.9 Å². The van der Waals surface area contributed by atoms with Crippen LogP contribution in [0.3, 0.4) is 0 Å². The molecule has 0 fully saturated rings. The third-order valence-electron chi connectivity index (χ3n) is 0.940. The second-order valence-electron chi connectivity index (χ2n) is 1.69. The summed E-state index contributed by atoms with van der Waals surface area (Å²) in [6.07, 6.45) is 4.30. The van der Waals surface area contributed by atoms with Gasteiger partial charge in [-0.1, -0.05) is 0 Å². The van der Waals surface area contributed by atoms with E-state index in [9.17, 15) is 4.79 Å². The second kappa shape index (κ2) is 3.41. The number of hydrogen-bond donors (Lipinski definition) is 0. The number of carbonyl (C=O) groups excluding carboxylic acids is 1. The van der Waals surface area contributed by atoms with Gasteiger partial charge in [-0.25, -0.2) is 9.97 Å². The van der Waals surface area contributed by atoms with Crippen LogP contribution in [0.5, 0.6) is 0 Å². The summed E-state index contributed by atoms with van der Waals surface area (Å²) in [6, 6.07) is 0. The summed E-state index contributed by atoms with van der Waals surface area (Å²) in [4.78, 5) is 17.7. The Bertz CT molecular complexity index is 222. The van der Waals surface area contributed by atoms with Crippen LogP contribution >= 0.6 is 15.9 Å². The summed E-state index contributed by atoms with van der Waals surface area (Å²) in [5.74, 6) is 0.554. The van der Waals surface area contributed by atoms with Crippen molar-refractivity contribution in [3.63, 3.8) is 0 Å². The average molecular weight is 201 g/mol. The van der Waals surface area contributed by atoms with Crippen LogP contribution in [0.25, 0.3) is 0 Å². The van der Waals surface area contributed by atoms with Gasteiger partial charge in [-0.15, -0.1) is 0 Å². The molecule has 1 aromatic heterocycles. The maximum Gasteiger partial charge on any atom is 0.135 e. The zero-order valence-corrected chi connectivity index (χ0v) is 6.71. The summed E-state index contributed by atoms with van der Waals surface area (Å²) in [6.45, 7) is 0. The topological polar surface area (TPSA) is 42.9 Å². The Morgan fingerprint density at radius 3 is 2.60 bits per heavy atom. The maximum absolute atomic E-state index is 9.97. The Labute approximate surface area is 66.6 Å². The molecule has 4 heteroatoms. The van der Waals surface area contributed by atoms with E-state index < -0.39 is 0 Å². The molecule has 0 radical (unpaired) electrons. The van der Waals surface area contributed by atoms with E-state index in [0.717, 1.165) is 10.8 Å². The Morgan fingerprint density at radius 2 is 2.10 bits per heavy atom. The highest BCUT2D eigenvalue weighted by Gasteiger charge is 1.92. The van der Waals surface area contributed by atoms with Crippen molar-refractivity contribution in [1.82, 2.24) is 9.97 Å². The van der Waals surface area contributed by atoms with Crippen LogP contribution in [-0.4, -0.2) is 16.3 Å². The van der Waals surface area contributed by atoms with Crippen LogP contribution in [0, 0.1) is 0 Å². The predicted molar refractivity (Wildman–Crippen MR) is 39.5 cm³/mol. The monoisotopic (exact) mass is 200 g/mol. The molecule has 0 amide bonds.